The largest absolute Gasteiger partial charge is 0.354 e. The summed E-state index contributed by atoms with van der Waals surface area (Å²) in [5.41, 5.74) is 2.76. The first-order valence-corrected chi connectivity index (χ1v) is 8.15. The molecule has 2 rings (SSSR count). The fraction of sp³-hybridized carbons (Fsp3) is 0.706. The number of nitrogens with zero attached hydrogens (tertiary/aromatic N) is 4. The summed E-state index contributed by atoms with van der Waals surface area (Å²) in [7, 11) is 2.07. The van der Waals surface area contributed by atoms with Crippen molar-refractivity contribution in [2.45, 2.75) is 65.3 Å². The summed E-state index contributed by atoms with van der Waals surface area (Å²) < 4.78 is 0. The quantitative estimate of drug-likeness (QED) is 0.850. The van der Waals surface area contributed by atoms with Crippen molar-refractivity contribution in [3.63, 3.8) is 0 Å². The van der Waals surface area contributed by atoms with E-state index in [-0.39, 0.29) is 0 Å². The molecule has 0 N–H and O–H groups in total. The van der Waals surface area contributed by atoms with E-state index in [4.69, 9.17) is 0 Å². The van der Waals surface area contributed by atoms with Gasteiger partial charge >= 0.3 is 0 Å². The lowest BCUT2D eigenvalue weighted by atomic mass is 9.85. The normalized spacial score (nSPS) is 21.9. The summed E-state index contributed by atoms with van der Waals surface area (Å²) in [5, 5.41) is 18.4. The fourth-order valence-electron chi connectivity index (χ4n) is 3.56. The molecule has 4 nitrogen and oxygen atoms in total. The minimum absolute atomic E-state index is 0.470. The van der Waals surface area contributed by atoms with E-state index in [1.54, 1.807) is 0 Å². The first-order chi connectivity index (χ1) is 10.1. The topological polar surface area (TPSA) is 52.8 Å². The third-order valence-electron chi connectivity index (χ3n) is 4.84. The molecule has 21 heavy (non-hydrogen) atoms. The highest BCUT2D eigenvalue weighted by Crippen LogP contribution is 2.32. The Kier molecular flexibility index (Phi) is 5.17. The van der Waals surface area contributed by atoms with E-state index in [0.717, 1.165) is 35.5 Å². The number of rotatable bonds is 4. The van der Waals surface area contributed by atoms with Crippen molar-refractivity contribution >= 4 is 5.82 Å². The molecule has 0 radical (unpaired) electrons. The molecule has 2 atom stereocenters. The van der Waals surface area contributed by atoms with Gasteiger partial charge in [-0.1, -0.05) is 33.6 Å². The summed E-state index contributed by atoms with van der Waals surface area (Å²) in [6, 6.07) is 2.85. The van der Waals surface area contributed by atoms with Crippen LogP contribution in [0.1, 0.15) is 63.3 Å². The van der Waals surface area contributed by atoms with Gasteiger partial charge in [-0.05, 0) is 37.2 Å². The maximum atomic E-state index is 9.62. The van der Waals surface area contributed by atoms with Crippen LogP contribution in [0.3, 0.4) is 0 Å². The summed E-state index contributed by atoms with van der Waals surface area (Å²) in [6.07, 6.45) is 6.69. The summed E-state index contributed by atoms with van der Waals surface area (Å²) in [4.78, 5) is 2.20. The Bertz CT molecular complexity index is 532. The standard InChI is InChI=1S/C17H26N4/c1-5-13-14(11-18)17(20-19-15(13)6-2)21(4)16-10-8-7-9-12(16)3/h12,16H,5-10H2,1-4H3. The van der Waals surface area contributed by atoms with Crippen molar-refractivity contribution in [3.05, 3.63) is 16.8 Å². The lowest BCUT2D eigenvalue weighted by Crippen LogP contribution is -2.40. The highest BCUT2D eigenvalue weighted by Gasteiger charge is 2.28. The average Bonchev–Trinajstić information content (AvgIpc) is 2.52. The van der Waals surface area contributed by atoms with E-state index < -0.39 is 0 Å². The van der Waals surface area contributed by atoms with Gasteiger partial charge in [-0.25, -0.2) is 0 Å². The highest BCUT2D eigenvalue weighted by atomic mass is 15.3. The molecule has 0 spiro atoms. The van der Waals surface area contributed by atoms with Crippen molar-refractivity contribution < 1.29 is 0 Å². The lowest BCUT2D eigenvalue weighted by molar-refractivity contribution is 0.320. The van der Waals surface area contributed by atoms with Gasteiger partial charge in [0.05, 0.1) is 5.69 Å². The van der Waals surface area contributed by atoms with Crippen LogP contribution in [0, 0.1) is 17.2 Å². The Morgan fingerprint density at radius 1 is 1.19 bits per heavy atom. The van der Waals surface area contributed by atoms with Gasteiger partial charge in [0.1, 0.15) is 11.6 Å². The van der Waals surface area contributed by atoms with E-state index in [0.29, 0.717) is 12.0 Å². The van der Waals surface area contributed by atoms with Crippen LogP contribution in [0.4, 0.5) is 5.82 Å². The second kappa shape index (κ2) is 6.89. The number of hydrogen-bond donors (Lipinski definition) is 0. The van der Waals surface area contributed by atoms with Crippen molar-refractivity contribution in [1.82, 2.24) is 10.2 Å². The van der Waals surface area contributed by atoms with Gasteiger partial charge in [0.2, 0.25) is 0 Å². The Morgan fingerprint density at radius 2 is 1.90 bits per heavy atom. The van der Waals surface area contributed by atoms with Crippen molar-refractivity contribution in [3.8, 4) is 6.07 Å². The number of aryl methyl sites for hydroxylation is 1. The maximum absolute atomic E-state index is 9.62. The Morgan fingerprint density at radius 3 is 2.48 bits per heavy atom. The number of nitriles is 1. The minimum Gasteiger partial charge on any atom is -0.354 e. The molecule has 114 valence electrons. The highest BCUT2D eigenvalue weighted by molar-refractivity contribution is 5.58. The van der Waals surface area contributed by atoms with Gasteiger partial charge < -0.3 is 4.90 Å². The van der Waals surface area contributed by atoms with Crippen molar-refractivity contribution in [2.75, 3.05) is 11.9 Å². The second-order valence-corrected chi connectivity index (χ2v) is 6.08. The van der Waals surface area contributed by atoms with Crippen LogP contribution in [-0.2, 0) is 12.8 Å². The molecule has 1 aliphatic rings. The van der Waals surface area contributed by atoms with E-state index >= 15 is 0 Å². The predicted molar refractivity (Wildman–Crippen MR) is 85.3 cm³/mol. The zero-order chi connectivity index (χ0) is 15.4. The summed E-state index contributed by atoms with van der Waals surface area (Å²) >= 11 is 0. The second-order valence-electron chi connectivity index (χ2n) is 6.08. The molecule has 0 amide bonds. The maximum Gasteiger partial charge on any atom is 0.169 e. The van der Waals surface area contributed by atoms with Gasteiger partial charge in [0.25, 0.3) is 0 Å². The van der Waals surface area contributed by atoms with Gasteiger partial charge in [-0.3, -0.25) is 0 Å². The number of aromatic nitrogens is 2. The third kappa shape index (κ3) is 3.02. The fourth-order valence-corrected chi connectivity index (χ4v) is 3.56. The molecule has 1 aromatic rings. The molecule has 1 heterocycles. The number of hydrogen-bond acceptors (Lipinski definition) is 4. The molecule has 1 aliphatic carbocycles. The molecule has 0 saturated heterocycles. The van der Waals surface area contributed by atoms with Crippen LogP contribution >= 0.6 is 0 Å². The van der Waals surface area contributed by atoms with Gasteiger partial charge in [-0.2, -0.15) is 10.4 Å². The average molecular weight is 286 g/mol. The van der Waals surface area contributed by atoms with Crippen LogP contribution in [0.15, 0.2) is 0 Å². The molecule has 1 saturated carbocycles. The van der Waals surface area contributed by atoms with Gasteiger partial charge in [0.15, 0.2) is 5.82 Å². The molecule has 2 unspecified atom stereocenters. The summed E-state index contributed by atoms with van der Waals surface area (Å²) in [6.45, 7) is 6.46. The van der Waals surface area contributed by atoms with Crippen LogP contribution in [0.2, 0.25) is 0 Å². The number of anilines is 1. The van der Waals surface area contributed by atoms with Crippen LogP contribution < -0.4 is 4.90 Å². The smallest absolute Gasteiger partial charge is 0.169 e. The van der Waals surface area contributed by atoms with Crippen molar-refractivity contribution in [2.24, 2.45) is 5.92 Å². The van der Waals surface area contributed by atoms with Crippen LogP contribution in [0.25, 0.3) is 0 Å². The molecule has 4 heteroatoms. The van der Waals surface area contributed by atoms with E-state index in [9.17, 15) is 5.26 Å². The van der Waals surface area contributed by atoms with Crippen LogP contribution in [0.5, 0.6) is 0 Å². The zero-order valence-corrected chi connectivity index (χ0v) is 13.7. The molecule has 0 aliphatic heterocycles. The van der Waals surface area contributed by atoms with Crippen LogP contribution in [-0.4, -0.2) is 23.3 Å². The van der Waals surface area contributed by atoms with Gasteiger partial charge in [-0.15, -0.1) is 5.10 Å². The minimum atomic E-state index is 0.470. The summed E-state index contributed by atoms with van der Waals surface area (Å²) in [5.74, 6) is 1.42. The molecular formula is C17H26N4. The van der Waals surface area contributed by atoms with E-state index in [1.807, 2.05) is 0 Å². The zero-order valence-electron chi connectivity index (χ0n) is 13.7. The first kappa shape index (κ1) is 15.8. The monoisotopic (exact) mass is 286 g/mol. The molecule has 1 fully saturated rings. The SMILES string of the molecule is CCc1nnc(N(C)C2CCCCC2C)c(C#N)c1CC. The molecule has 1 aromatic heterocycles. The van der Waals surface area contributed by atoms with E-state index in [2.05, 4.69) is 49.0 Å². The molecule has 0 aromatic carbocycles. The predicted octanol–water partition coefficient (Wildman–Crippen LogP) is 3.49. The van der Waals surface area contributed by atoms with E-state index in [1.165, 1.54) is 25.7 Å². The van der Waals surface area contributed by atoms with Crippen molar-refractivity contribution in [1.29, 1.82) is 5.26 Å². The first-order valence-electron chi connectivity index (χ1n) is 8.15. The Hall–Kier alpha value is -1.63. The lowest BCUT2D eigenvalue weighted by Gasteiger charge is -2.37. The third-order valence-corrected chi connectivity index (χ3v) is 4.84. The Labute approximate surface area is 128 Å². The Balaban J connectivity index is 2.41. The molecule has 0 bridgehead atoms. The molecular weight excluding hydrogens is 260 g/mol. The van der Waals surface area contributed by atoms with Gasteiger partial charge in [0, 0.05) is 13.1 Å².